The number of nitrogens with one attached hydrogen (secondary N) is 1. The van der Waals surface area contributed by atoms with E-state index in [9.17, 15) is 4.79 Å². The monoisotopic (exact) mass is 473 g/mol. The summed E-state index contributed by atoms with van der Waals surface area (Å²) in [5.41, 5.74) is 2.26. The molecule has 0 bridgehead atoms. The maximum Gasteiger partial charge on any atom is 0.253 e. The van der Waals surface area contributed by atoms with Crippen molar-refractivity contribution in [2.75, 3.05) is 46.4 Å². The van der Waals surface area contributed by atoms with Crippen molar-refractivity contribution in [3.8, 4) is 11.5 Å². The van der Waals surface area contributed by atoms with Gasteiger partial charge in [0.15, 0.2) is 17.3 Å². The van der Waals surface area contributed by atoms with E-state index in [4.69, 9.17) is 9.47 Å². The summed E-state index contributed by atoms with van der Waals surface area (Å²) in [6.07, 6.45) is 0. The lowest BCUT2D eigenvalue weighted by Crippen LogP contribution is -2.47. The first kappa shape index (κ1) is 21.8. The molecule has 2 aliphatic heterocycles. The molecule has 0 aliphatic carbocycles. The Bertz CT molecular complexity index is 1390. The number of ether oxygens (including phenoxy) is 2. The Kier molecular flexibility index (Phi) is 5.67. The third kappa shape index (κ3) is 4.26. The SMILES string of the molecule is CN1CCN(C(c2cc3cc4c(cc3[nH]c2=O)OCCO4)c2nnnn2Cc2ccccc2)CC1. The summed E-state index contributed by atoms with van der Waals surface area (Å²) in [5.74, 6) is 1.99. The van der Waals surface area contributed by atoms with Crippen LogP contribution in [-0.4, -0.2) is 81.4 Å². The Labute approximate surface area is 202 Å². The summed E-state index contributed by atoms with van der Waals surface area (Å²) < 4.78 is 13.3. The Morgan fingerprint density at radius 2 is 1.74 bits per heavy atom. The summed E-state index contributed by atoms with van der Waals surface area (Å²) in [5, 5.41) is 13.6. The van der Waals surface area contributed by atoms with E-state index in [2.05, 4.69) is 37.4 Å². The number of hydrogen-bond acceptors (Lipinski definition) is 8. The highest BCUT2D eigenvalue weighted by Crippen LogP contribution is 2.35. The van der Waals surface area contributed by atoms with Crippen molar-refractivity contribution in [3.05, 3.63) is 75.8 Å². The number of aromatic amines is 1. The van der Waals surface area contributed by atoms with Gasteiger partial charge >= 0.3 is 0 Å². The van der Waals surface area contributed by atoms with Crippen LogP contribution in [0, 0.1) is 0 Å². The van der Waals surface area contributed by atoms with Crippen LogP contribution in [0.4, 0.5) is 0 Å². The molecule has 0 radical (unpaired) electrons. The van der Waals surface area contributed by atoms with Crippen molar-refractivity contribution < 1.29 is 9.47 Å². The van der Waals surface area contributed by atoms with E-state index in [0.717, 1.165) is 37.1 Å². The van der Waals surface area contributed by atoms with E-state index >= 15 is 0 Å². The molecule has 6 rings (SSSR count). The van der Waals surface area contributed by atoms with E-state index in [1.807, 2.05) is 48.5 Å². The molecule has 0 saturated carbocycles. The number of aromatic nitrogens is 5. The number of rotatable bonds is 5. The van der Waals surface area contributed by atoms with Crippen LogP contribution in [0.3, 0.4) is 0 Å². The van der Waals surface area contributed by atoms with E-state index < -0.39 is 0 Å². The van der Waals surface area contributed by atoms with Crippen molar-refractivity contribution in [3.63, 3.8) is 0 Å². The van der Waals surface area contributed by atoms with Crippen LogP contribution in [0.2, 0.25) is 0 Å². The molecule has 1 saturated heterocycles. The maximum atomic E-state index is 13.5. The van der Waals surface area contributed by atoms with Crippen molar-refractivity contribution >= 4 is 10.9 Å². The fourth-order valence-electron chi connectivity index (χ4n) is 4.82. The van der Waals surface area contributed by atoms with E-state index in [1.165, 1.54) is 0 Å². The first-order valence-electron chi connectivity index (χ1n) is 11.8. The molecule has 10 heteroatoms. The third-order valence-corrected chi connectivity index (χ3v) is 6.71. The second-order valence-corrected chi connectivity index (χ2v) is 9.06. The van der Waals surface area contributed by atoms with Gasteiger partial charge in [-0.15, -0.1) is 5.10 Å². The predicted molar refractivity (Wildman–Crippen MR) is 130 cm³/mol. The number of piperazine rings is 1. The van der Waals surface area contributed by atoms with Gasteiger partial charge < -0.3 is 19.4 Å². The number of nitrogens with zero attached hydrogens (tertiary/aromatic N) is 6. The summed E-state index contributed by atoms with van der Waals surface area (Å²) >= 11 is 0. The molecule has 2 aromatic carbocycles. The van der Waals surface area contributed by atoms with Gasteiger partial charge in [0.05, 0.1) is 12.1 Å². The lowest BCUT2D eigenvalue weighted by Gasteiger charge is -2.37. The normalized spacial score (nSPS) is 17.5. The zero-order valence-corrected chi connectivity index (χ0v) is 19.6. The number of fused-ring (bicyclic) bond motifs is 2. The lowest BCUT2D eigenvalue weighted by molar-refractivity contribution is 0.121. The molecule has 4 aromatic rings. The van der Waals surface area contributed by atoms with Gasteiger partial charge in [-0.05, 0) is 35.2 Å². The molecule has 4 heterocycles. The lowest BCUT2D eigenvalue weighted by atomic mass is 10.0. The second kappa shape index (κ2) is 9.12. The Morgan fingerprint density at radius 1 is 1.00 bits per heavy atom. The standard InChI is InChI=1S/C25H27N7O3/c1-30-7-9-31(10-8-30)23(24-27-28-29-32(24)16-17-5-3-2-4-6-17)19-13-18-14-21-22(35-12-11-34-21)15-20(18)26-25(19)33/h2-6,13-15,23H,7-12,16H2,1H3,(H,26,33). The first-order chi connectivity index (χ1) is 17.2. The largest absolute Gasteiger partial charge is 0.486 e. The Balaban J connectivity index is 1.46. The molecule has 0 spiro atoms. The predicted octanol–water partition coefficient (Wildman–Crippen LogP) is 1.67. The quantitative estimate of drug-likeness (QED) is 0.467. The van der Waals surface area contributed by atoms with E-state index in [-0.39, 0.29) is 11.6 Å². The highest BCUT2D eigenvalue weighted by atomic mass is 16.6. The van der Waals surface area contributed by atoms with Gasteiger partial charge in [0.1, 0.15) is 19.3 Å². The van der Waals surface area contributed by atoms with Gasteiger partial charge in [-0.1, -0.05) is 30.3 Å². The molecule has 35 heavy (non-hydrogen) atoms. The average molecular weight is 474 g/mol. The summed E-state index contributed by atoms with van der Waals surface area (Å²) in [6.45, 7) is 4.94. The van der Waals surface area contributed by atoms with Crippen LogP contribution < -0.4 is 15.0 Å². The summed E-state index contributed by atoms with van der Waals surface area (Å²) in [7, 11) is 2.11. The molecule has 2 aliphatic rings. The molecule has 2 aromatic heterocycles. The van der Waals surface area contributed by atoms with E-state index in [0.29, 0.717) is 48.2 Å². The van der Waals surface area contributed by atoms with Crippen LogP contribution in [0.25, 0.3) is 10.9 Å². The van der Waals surface area contributed by atoms with Gasteiger partial charge in [0.25, 0.3) is 5.56 Å². The number of likely N-dealkylation sites (N-methyl/N-ethyl adjacent to an activating group) is 1. The highest BCUT2D eigenvalue weighted by Gasteiger charge is 2.32. The number of tetrazole rings is 1. The molecule has 1 unspecified atom stereocenters. The first-order valence-corrected chi connectivity index (χ1v) is 11.8. The van der Waals surface area contributed by atoms with Crippen LogP contribution in [-0.2, 0) is 6.54 Å². The molecular weight excluding hydrogens is 446 g/mol. The maximum absolute atomic E-state index is 13.5. The number of pyridine rings is 1. The van der Waals surface area contributed by atoms with Crippen molar-refractivity contribution in [2.24, 2.45) is 0 Å². The third-order valence-electron chi connectivity index (χ3n) is 6.71. The summed E-state index contributed by atoms with van der Waals surface area (Å²) in [6, 6.07) is 15.4. The van der Waals surface area contributed by atoms with Gasteiger partial charge in [0, 0.05) is 43.2 Å². The van der Waals surface area contributed by atoms with Crippen molar-refractivity contribution in [1.82, 2.24) is 35.0 Å². The summed E-state index contributed by atoms with van der Waals surface area (Å²) in [4.78, 5) is 21.1. The number of H-pyrrole nitrogens is 1. The van der Waals surface area contributed by atoms with Crippen molar-refractivity contribution in [1.29, 1.82) is 0 Å². The minimum absolute atomic E-state index is 0.160. The van der Waals surface area contributed by atoms with Gasteiger partial charge in [0.2, 0.25) is 0 Å². The van der Waals surface area contributed by atoms with Gasteiger partial charge in [-0.3, -0.25) is 9.69 Å². The fourth-order valence-corrected chi connectivity index (χ4v) is 4.82. The average Bonchev–Trinajstić information content (AvgIpc) is 3.32. The van der Waals surface area contributed by atoms with Crippen LogP contribution in [0.15, 0.2) is 53.3 Å². The number of hydrogen-bond donors (Lipinski definition) is 1. The molecule has 180 valence electrons. The van der Waals surface area contributed by atoms with Gasteiger partial charge in [-0.25, -0.2) is 4.68 Å². The topological polar surface area (TPSA) is 101 Å². The van der Waals surface area contributed by atoms with Gasteiger partial charge in [-0.2, -0.15) is 0 Å². The molecule has 1 N–H and O–H groups in total. The van der Waals surface area contributed by atoms with Crippen LogP contribution in [0.1, 0.15) is 23.0 Å². The van der Waals surface area contributed by atoms with Crippen molar-refractivity contribution in [2.45, 2.75) is 12.6 Å². The highest BCUT2D eigenvalue weighted by molar-refractivity contribution is 5.83. The number of benzene rings is 2. The smallest absolute Gasteiger partial charge is 0.253 e. The second-order valence-electron chi connectivity index (χ2n) is 9.06. The van der Waals surface area contributed by atoms with E-state index in [1.54, 1.807) is 4.68 Å². The minimum Gasteiger partial charge on any atom is -0.486 e. The molecule has 10 nitrogen and oxygen atoms in total. The molecular formula is C25H27N7O3. The zero-order valence-electron chi connectivity index (χ0n) is 19.6. The molecule has 0 amide bonds. The Morgan fingerprint density at radius 3 is 2.51 bits per heavy atom. The Hall–Kier alpha value is -3.76. The minimum atomic E-state index is -0.385. The molecule has 1 atom stereocenters. The molecule has 1 fully saturated rings. The fraction of sp³-hybridized carbons (Fsp3) is 0.360. The zero-order chi connectivity index (χ0) is 23.8. The van der Waals surface area contributed by atoms with Crippen LogP contribution >= 0.6 is 0 Å². The van der Waals surface area contributed by atoms with Crippen LogP contribution in [0.5, 0.6) is 11.5 Å².